The Morgan fingerprint density at radius 1 is 0.148 bits per heavy atom. The van der Waals surface area contributed by atoms with Gasteiger partial charge in [-0.05, 0) is 132 Å². The summed E-state index contributed by atoms with van der Waals surface area (Å²) in [7, 11) is 0. The standard InChI is InChI=1S/2C59H36N4O/c1-4-17-37(18-5-1)40-23-16-24-41(33-40)57-61-56(39-21-8-3-9-22-39)62-58(63-57)42-31-32-45-46-35-51-54(36-47(46)55(60-52(45)34-42)38-19-6-2-7-20-38)64-53-30-15-14-29-50(53)59(51)48-27-12-10-25-43(48)44-26-11-13-28-49(44)59;1-4-16-37(17-5-1)38-28-30-41(31-29-38)57-61-56(40-20-8-3-9-21-40)62-58(63-57)42-32-33-45-46-35-51-54(36-47(46)55(60-52(45)34-42)39-18-6-2-7-19-39)64-53-27-15-14-26-50(53)59(51)48-24-12-10-22-43(48)44-23-11-13-25-49(44)59/h2*1-36H. The SMILES string of the molecule is c1ccc(-c2ccc(-c3nc(-c4ccccc4)nc(-c4ccc5c(c4)nc(-c4ccccc4)c4cc6c(cc45)C4(c5ccccc5O6)c5ccccc5-c5ccccc54)n3)cc2)cc1.c1ccc(-c2cccc(-c3nc(-c4ccccc4)nc(-c4ccc5c(c4)nc(-c4ccccc4)c4cc6c(cc45)C4(c5ccccc5O6)c5ccccc5-c5ccccc54)n3)c2)cc1. The van der Waals surface area contributed by atoms with Crippen molar-refractivity contribution < 1.29 is 9.47 Å². The third kappa shape index (κ3) is 11.9. The van der Waals surface area contributed by atoms with Gasteiger partial charge in [-0.25, -0.2) is 39.9 Å². The van der Waals surface area contributed by atoms with Crippen LogP contribution >= 0.6 is 0 Å². The number of aromatic nitrogens is 8. The van der Waals surface area contributed by atoms with Crippen LogP contribution in [0.5, 0.6) is 23.0 Å². The van der Waals surface area contributed by atoms with E-state index in [1.165, 1.54) is 44.5 Å². The molecule has 596 valence electrons. The van der Waals surface area contributed by atoms with Crippen LogP contribution in [-0.2, 0) is 10.8 Å². The Bertz CT molecular complexity index is 8150. The predicted octanol–water partition coefficient (Wildman–Crippen LogP) is 28.8. The summed E-state index contributed by atoms with van der Waals surface area (Å²) in [5, 5.41) is 6.29. The summed E-state index contributed by atoms with van der Waals surface area (Å²) in [5.74, 6) is 6.96. The van der Waals surface area contributed by atoms with E-state index in [1.807, 2.05) is 84.9 Å². The van der Waals surface area contributed by atoms with Crippen LogP contribution in [0.25, 0.3) is 179 Å². The monoisotopic (exact) mass is 1630 g/mol. The van der Waals surface area contributed by atoms with Crippen LogP contribution in [0, 0.1) is 0 Å². The fourth-order valence-electron chi connectivity index (χ4n) is 20.2. The molecule has 2 aliphatic heterocycles. The second-order valence-corrected chi connectivity index (χ2v) is 33.0. The number of para-hydroxylation sites is 2. The highest BCUT2D eigenvalue weighted by atomic mass is 16.5. The lowest BCUT2D eigenvalue weighted by molar-refractivity contribution is 0.437. The first-order chi connectivity index (χ1) is 63.4. The van der Waals surface area contributed by atoms with Crippen LogP contribution in [0.3, 0.4) is 0 Å². The molecule has 0 amide bonds. The number of benzene rings is 18. The van der Waals surface area contributed by atoms with Gasteiger partial charge in [0.05, 0.1) is 33.3 Å². The van der Waals surface area contributed by atoms with Crippen molar-refractivity contribution >= 4 is 43.4 Å². The molecule has 26 rings (SSSR count). The van der Waals surface area contributed by atoms with Crippen LogP contribution in [-0.4, -0.2) is 39.9 Å². The number of hydrogen-bond acceptors (Lipinski definition) is 10. The van der Waals surface area contributed by atoms with E-state index in [2.05, 4.69) is 352 Å². The van der Waals surface area contributed by atoms with E-state index < -0.39 is 10.8 Å². The zero-order chi connectivity index (χ0) is 84.4. The van der Waals surface area contributed by atoms with Crippen molar-refractivity contribution in [2.45, 2.75) is 10.8 Å². The van der Waals surface area contributed by atoms with Gasteiger partial charge in [0.2, 0.25) is 0 Å². The summed E-state index contributed by atoms with van der Waals surface area (Å²) < 4.78 is 13.9. The number of ether oxygens (including phenoxy) is 2. The lowest BCUT2D eigenvalue weighted by Crippen LogP contribution is -2.32. The molecular formula is C118H72N8O2. The van der Waals surface area contributed by atoms with E-state index in [0.717, 1.165) is 167 Å². The molecular weight excluding hydrogens is 1560 g/mol. The molecule has 10 nitrogen and oxygen atoms in total. The van der Waals surface area contributed by atoms with Crippen molar-refractivity contribution in [1.29, 1.82) is 0 Å². The van der Waals surface area contributed by atoms with Gasteiger partial charge >= 0.3 is 0 Å². The number of fused-ring (bicyclic) bond motifs is 24. The highest BCUT2D eigenvalue weighted by molar-refractivity contribution is 6.15. The minimum atomic E-state index is -0.596. The number of rotatable bonds is 10. The van der Waals surface area contributed by atoms with Gasteiger partial charge in [-0.3, -0.25) is 0 Å². The highest BCUT2D eigenvalue weighted by Crippen LogP contribution is 2.65. The van der Waals surface area contributed by atoms with Gasteiger partial charge in [0.1, 0.15) is 23.0 Å². The normalized spacial score (nSPS) is 12.9. The second-order valence-electron chi connectivity index (χ2n) is 33.0. The molecule has 22 aromatic rings. The first-order valence-corrected chi connectivity index (χ1v) is 43.3. The molecule has 0 saturated heterocycles. The highest BCUT2D eigenvalue weighted by Gasteiger charge is 2.53. The van der Waals surface area contributed by atoms with E-state index >= 15 is 0 Å². The third-order valence-corrected chi connectivity index (χ3v) is 25.9. The van der Waals surface area contributed by atoms with Crippen LogP contribution in [0.2, 0.25) is 0 Å². The molecule has 18 aromatic carbocycles. The molecule has 0 atom stereocenters. The summed E-state index contributed by atoms with van der Waals surface area (Å²) >= 11 is 0. The molecule has 128 heavy (non-hydrogen) atoms. The van der Waals surface area contributed by atoms with Crippen molar-refractivity contribution in [3.05, 3.63) is 481 Å². The number of nitrogens with zero attached hydrogens (tertiary/aromatic N) is 8. The summed E-state index contributed by atoms with van der Waals surface area (Å²) in [6, 6.07) is 153. The zero-order valence-electron chi connectivity index (χ0n) is 69.0. The molecule has 0 saturated carbocycles. The van der Waals surface area contributed by atoms with Gasteiger partial charge in [-0.1, -0.05) is 382 Å². The van der Waals surface area contributed by atoms with Crippen molar-refractivity contribution in [1.82, 2.24) is 39.9 Å². The Balaban J connectivity index is 0.000000139. The Morgan fingerprint density at radius 2 is 0.414 bits per heavy atom. The smallest absolute Gasteiger partial charge is 0.164 e. The average molecular weight is 1630 g/mol. The Labute approximate surface area is 738 Å². The minimum absolute atomic E-state index is 0.576. The summed E-state index contributed by atoms with van der Waals surface area (Å²) in [6.45, 7) is 0. The zero-order valence-corrected chi connectivity index (χ0v) is 69.0. The second kappa shape index (κ2) is 29.9. The molecule has 0 N–H and O–H groups in total. The first kappa shape index (κ1) is 73.6. The third-order valence-electron chi connectivity index (χ3n) is 25.9. The Hall–Kier alpha value is -17.1. The maximum atomic E-state index is 6.96. The average Bonchev–Trinajstić information content (AvgIpc) is 1.47. The maximum Gasteiger partial charge on any atom is 0.164 e. The molecule has 0 bridgehead atoms. The Morgan fingerprint density at radius 3 is 0.797 bits per heavy atom. The van der Waals surface area contributed by atoms with Crippen molar-refractivity contribution in [3.63, 3.8) is 0 Å². The van der Waals surface area contributed by atoms with Crippen LogP contribution in [0.4, 0.5) is 0 Å². The predicted molar refractivity (Wildman–Crippen MR) is 514 cm³/mol. The molecule has 2 aliphatic carbocycles. The Kier molecular flexibility index (Phi) is 17.2. The van der Waals surface area contributed by atoms with Crippen LogP contribution < -0.4 is 9.47 Å². The van der Waals surface area contributed by atoms with Gasteiger partial charge in [0.25, 0.3) is 0 Å². The van der Waals surface area contributed by atoms with Gasteiger partial charge in [0, 0.05) is 88.3 Å². The van der Waals surface area contributed by atoms with Gasteiger partial charge in [-0.15, -0.1) is 0 Å². The number of pyridine rings is 2. The van der Waals surface area contributed by atoms with E-state index in [9.17, 15) is 0 Å². The molecule has 2 spiro atoms. The maximum absolute atomic E-state index is 6.96. The molecule has 4 aliphatic rings. The molecule has 0 radical (unpaired) electrons. The molecule has 10 heteroatoms. The molecule has 4 aromatic heterocycles. The number of hydrogen-bond donors (Lipinski definition) is 0. The van der Waals surface area contributed by atoms with Crippen molar-refractivity contribution in [3.8, 4) is 158 Å². The van der Waals surface area contributed by atoms with E-state index in [0.29, 0.717) is 34.9 Å². The van der Waals surface area contributed by atoms with Crippen LogP contribution in [0.15, 0.2) is 437 Å². The van der Waals surface area contributed by atoms with Crippen LogP contribution in [0.1, 0.15) is 44.5 Å². The van der Waals surface area contributed by atoms with E-state index in [-0.39, 0.29) is 0 Å². The fourth-order valence-corrected chi connectivity index (χ4v) is 20.2. The minimum Gasteiger partial charge on any atom is -0.457 e. The quantitative estimate of drug-likeness (QED) is 0.122. The van der Waals surface area contributed by atoms with Gasteiger partial charge in [-0.2, -0.15) is 0 Å². The fraction of sp³-hybridized carbons (Fsp3) is 0.0169. The summed E-state index contributed by atoms with van der Waals surface area (Å²) in [4.78, 5) is 41.7. The van der Waals surface area contributed by atoms with Gasteiger partial charge < -0.3 is 9.47 Å². The van der Waals surface area contributed by atoms with Crippen molar-refractivity contribution in [2.75, 3.05) is 0 Å². The largest absolute Gasteiger partial charge is 0.457 e. The molecule has 0 unspecified atom stereocenters. The lowest BCUT2D eigenvalue weighted by Gasteiger charge is -2.39. The molecule has 6 heterocycles. The van der Waals surface area contributed by atoms with Crippen molar-refractivity contribution in [2.24, 2.45) is 0 Å². The van der Waals surface area contributed by atoms with Gasteiger partial charge in [0.15, 0.2) is 34.9 Å². The summed E-state index contributed by atoms with van der Waals surface area (Å²) in [6.07, 6.45) is 0. The molecule has 0 fully saturated rings. The first-order valence-electron chi connectivity index (χ1n) is 43.3. The topological polar surface area (TPSA) is 122 Å². The van der Waals surface area contributed by atoms with E-state index in [4.69, 9.17) is 49.3 Å². The summed E-state index contributed by atoms with van der Waals surface area (Å²) in [5.41, 5.74) is 28.7. The van der Waals surface area contributed by atoms with E-state index in [1.54, 1.807) is 0 Å². The lowest BCUT2D eigenvalue weighted by atomic mass is 9.65.